The van der Waals surface area contributed by atoms with Crippen LogP contribution >= 0.6 is 34.4 Å². The Morgan fingerprint density at radius 2 is 1.96 bits per heavy atom. The van der Waals surface area contributed by atoms with Gasteiger partial charge in [0.05, 0.1) is 5.75 Å². The number of nitrogens with one attached hydrogen (secondary N) is 2. The second-order valence-electron chi connectivity index (χ2n) is 5.47. The first kappa shape index (κ1) is 18.6. The molecule has 1 heterocycles. The highest BCUT2D eigenvalue weighted by Crippen LogP contribution is 2.19. The van der Waals surface area contributed by atoms with Crippen LogP contribution in [0.4, 0.5) is 5.69 Å². The lowest BCUT2D eigenvalue weighted by molar-refractivity contribution is -0.113. The topological polar surface area (TPSA) is 87.7 Å². The van der Waals surface area contributed by atoms with E-state index >= 15 is 0 Å². The van der Waals surface area contributed by atoms with Crippen molar-refractivity contribution in [2.24, 2.45) is 0 Å². The van der Waals surface area contributed by atoms with Crippen molar-refractivity contribution in [1.29, 1.82) is 0 Å². The summed E-state index contributed by atoms with van der Waals surface area (Å²) in [4.78, 5) is 27.0. The molecule has 0 aliphatic heterocycles. The summed E-state index contributed by atoms with van der Waals surface area (Å²) in [6, 6.07) is 14.9. The third-order valence-electron chi connectivity index (χ3n) is 3.53. The van der Waals surface area contributed by atoms with E-state index in [1.807, 2.05) is 43.3 Å². The molecular formula is C18H15IN4O2S. The fourth-order valence-corrected chi connectivity index (χ4v) is 3.51. The van der Waals surface area contributed by atoms with E-state index in [-0.39, 0.29) is 22.9 Å². The Balaban J connectivity index is 1.63. The van der Waals surface area contributed by atoms with Gasteiger partial charge in [0, 0.05) is 14.8 Å². The lowest BCUT2D eigenvalue weighted by Gasteiger charge is -2.08. The maximum Gasteiger partial charge on any atom is 0.278 e. The van der Waals surface area contributed by atoms with E-state index in [2.05, 4.69) is 43.1 Å². The molecule has 0 aliphatic carbocycles. The number of benzene rings is 2. The van der Waals surface area contributed by atoms with Gasteiger partial charge in [-0.25, -0.2) is 0 Å². The van der Waals surface area contributed by atoms with E-state index < -0.39 is 0 Å². The molecule has 3 aromatic rings. The van der Waals surface area contributed by atoms with E-state index in [1.165, 1.54) is 0 Å². The van der Waals surface area contributed by atoms with Crippen molar-refractivity contribution < 1.29 is 4.79 Å². The maximum atomic E-state index is 12.2. The molecule has 6 nitrogen and oxygen atoms in total. The number of H-pyrrole nitrogens is 1. The Kier molecular flexibility index (Phi) is 6.04. The van der Waals surface area contributed by atoms with Gasteiger partial charge in [-0.1, -0.05) is 42.1 Å². The Hall–Kier alpha value is -2.20. The third kappa shape index (κ3) is 4.70. The number of nitrogens with zero attached hydrogens (tertiary/aromatic N) is 2. The molecule has 8 heteroatoms. The van der Waals surface area contributed by atoms with Gasteiger partial charge < -0.3 is 5.32 Å². The number of anilines is 1. The van der Waals surface area contributed by atoms with Gasteiger partial charge in [0.2, 0.25) is 5.91 Å². The smallest absolute Gasteiger partial charge is 0.278 e. The van der Waals surface area contributed by atoms with Crippen molar-refractivity contribution in [2.75, 3.05) is 11.1 Å². The highest BCUT2D eigenvalue weighted by Gasteiger charge is 2.10. The first-order chi connectivity index (χ1) is 12.5. The number of rotatable bonds is 5. The number of carbonyl (C=O) groups is 1. The van der Waals surface area contributed by atoms with Gasteiger partial charge in [-0.2, -0.15) is 0 Å². The Bertz CT molecular complexity index is 992. The molecule has 0 spiro atoms. The SMILES string of the molecule is Cc1cc(I)ccc1NC(=O)CSc1nnc(-c2ccccc2)c(=O)[nH]1. The summed E-state index contributed by atoms with van der Waals surface area (Å²) in [5, 5.41) is 11.2. The molecule has 3 rings (SSSR count). The highest BCUT2D eigenvalue weighted by atomic mass is 127. The van der Waals surface area contributed by atoms with Crippen LogP contribution in [0.3, 0.4) is 0 Å². The van der Waals surface area contributed by atoms with Crippen molar-refractivity contribution in [3.63, 3.8) is 0 Å². The number of amides is 1. The van der Waals surface area contributed by atoms with Crippen molar-refractivity contribution >= 4 is 45.9 Å². The summed E-state index contributed by atoms with van der Waals surface area (Å²) in [6.45, 7) is 1.94. The van der Waals surface area contributed by atoms with Crippen LogP contribution in [0, 0.1) is 10.5 Å². The van der Waals surface area contributed by atoms with Crippen LogP contribution in [0.15, 0.2) is 58.5 Å². The molecule has 0 unspecified atom stereocenters. The molecule has 0 bridgehead atoms. The molecule has 0 saturated carbocycles. The zero-order valence-electron chi connectivity index (χ0n) is 13.8. The zero-order valence-corrected chi connectivity index (χ0v) is 16.8. The average molecular weight is 478 g/mol. The van der Waals surface area contributed by atoms with E-state index in [9.17, 15) is 9.59 Å². The fraction of sp³-hybridized carbons (Fsp3) is 0.111. The third-order valence-corrected chi connectivity index (χ3v) is 5.06. The molecule has 0 radical (unpaired) electrons. The van der Waals surface area contributed by atoms with Crippen LogP contribution in [0.1, 0.15) is 5.56 Å². The van der Waals surface area contributed by atoms with Crippen molar-refractivity contribution in [2.45, 2.75) is 12.1 Å². The monoisotopic (exact) mass is 478 g/mol. The van der Waals surface area contributed by atoms with Crippen LogP contribution < -0.4 is 10.9 Å². The summed E-state index contributed by atoms with van der Waals surface area (Å²) in [5.74, 6) is -0.0464. The van der Waals surface area contributed by atoms with Crippen LogP contribution in [0.2, 0.25) is 0 Å². The minimum absolute atomic E-state index is 0.126. The standard InChI is InChI=1S/C18H15IN4O2S/c1-11-9-13(19)7-8-14(11)20-15(24)10-26-18-21-17(25)16(22-23-18)12-5-3-2-4-6-12/h2-9H,10H2,1H3,(H,20,24)(H,21,23,25). The summed E-state index contributed by atoms with van der Waals surface area (Å²) >= 11 is 3.36. The summed E-state index contributed by atoms with van der Waals surface area (Å²) in [7, 11) is 0. The normalized spacial score (nSPS) is 10.5. The molecule has 132 valence electrons. The first-order valence-electron chi connectivity index (χ1n) is 7.74. The Labute approximate surface area is 168 Å². The number of carbonyl (C=O) groups excluding carboxylic acids is 1. The largest absolute Gasteiger partial charge is 0.325 e. The van der Waals surface area contributed by atoms with Crippen LogP contribution in [-0.4, -0.2) is 26.8 Å². The summed E-state index contributed by atoms with van der Waals surface area (Å²) in [5.41, 5.74) is 2.40. The second kappa shape index (κ2) is 8.45. The molecule has 2 aromatic carbocycles. The average Bonchev–Trinajstić information content (AvgIpc) is 2.63. The number of halogens is 1. The van der Waals surface area contributed by atoms with Crippen LogP contribution in [0.25, 0.3) is 11.3 Å². The van der Waals surface area contributed by atoms with Gasteiger partial charge in [-0.15, -0.1) is 10.2 Å². The lowest BCUT2D eigenvalue weighted by atomic mass is 10.2. The van der Waals surface area contributed by atoms with Crippen molar-refractivity contribution in [1.82, 2.24) is 15.2 Å². The van der Waals surface area contributed by atoms with E-state index in [1.54, 1.807) is 12.1 Å². The molecule has 26 heavy (non-hydrogen) atoms. The predicted octanol–water partition coefficient (Wildman–Crippen LogP) is 3.48. The highest BCUT2D eigenvalue weighted by molar-refractivity contribution is 14.1. The first-order valence-corrected chi connectivity index (χ1v) is 9.80. The maximum absolute atomic E-state index is 12.2. The van der Waals surface area contributed by atoms with Gasteiger partial charge in [0.1, 0.15) is 0 Å². The summed E-state index contributed by atoms with van der Waals surface area (Å²) in [6.07, 6.45) is 0. The van der Waals surface area contributed by atoms with Gasteiger partial charge in [0.15, 0.2) is 10.9 Å². The second-order valence-corrected chi connectivity index (χ2v) is 7.68. The number of hydrogen-bond acceptors (Lipinski definition) is 5. The Morgan fingerprint density at radius 1 is 1.19 bits per heavy atom. The molecule has 1 amide bonds. The quantitative estimate of drug-likeness (QED) is 0.433. The number of hydrogen-bond donors (Lipinski definition) is 2. The van der Waals surface area contributed by atoms with Crippen molar-refractivity contribution in [3.05, 3.63) is 68.0 Å². The molecular weight excluding hydrogens is 463 g/mol. The molecule has 0 fully saturated rings. The van der Waals surface area contributed by atoms with Gasteiger partial charge >= 0.3 is 0 Å². The van der Waals surface area contributed by atoms with Crippen molar-refractivity contribution in [3.8, 4) is 11.3 Å². The van der Waals surface area contributed by atoms with Crippen LogP contribution in [-0.2, 0) is 4.79 Å². The number of aryl methyl sites for hydroxylation is 1. The number of aromatic amines is 1. The van der Waals surface area contributed by atoms with Gasteiger partial charge in [-0.05, 0) is 53.3 Å². The molecule has 0 aliphatic rings. The molecule has 1 aromatic heterocycles. The molecule has 2 N–H and O–H groups in total. The van der Waals surface area contributed by atoms with E-state index in [4.69, 9.17) is 0 Å². The fourth-order valence-electron chi connectivity index (χ4n) is 2.26. The van der Waals surface area contributed by atoms with Gasteiger partial charge in [0.25, 0.3) is 5.56 Å². The molecule has 0 saturated heterocycles. The lowest BCUT2D eigenvalue weighted by Crippen LogP contribution is -2.17. The predicted molar refractivity (Wildman–Crippen MR) is 111 cm³/mol. The van der Waals surface area contributed by atoms with Crippen LogP contribution in [0.5, 0.6) is 0 Å². The minimum atomic E-state index is -0.331. The van der Waals surface area contributed by atoms with E-state index in [0.29, 0.717) is 10.7 Å². The van der Waals surface area contributed by atoms with E-state index in [0.717, 1.165) is 26.6 Å². The summed E-state index contributed by atoms with van der Waals surface area (Å²) < 4.78 is 1.11. The zero-order chi connectivity index (χ0) is 18.5. The number of thioether (sulfide) groups is 1. The molecule has 0 atom stereocenters. The minimum Gasteiger partial charge on any atom is -0.325 e. The number of aromatic nitrogens is 3. The van der Waals surface area contributed by atoms with Gasteiger partial charge in [-0.3, -0.25) is 14.6 Å². The Morgan fingerprint density at radius 3 is 2.65 bits per heavy atom.